The summed E-state index contributed by atoms with van der Waals surface area (Å²) in [5.41, 5.74) is 0. The molecule has 15 N–H and O–H groups in total. The van der Waals surface area contributed by atoms with Gasteiger partial charge in [-0.15, -0.1) is 78.1 Å². The first-order valence-electron chi connectivity index (χ1n) is 3.91. The minimum Gasteiger partial charge on any atom is -1.00 e. The van der Waals surface area contributed by atoms with E-state index in [2.05, 4.69) is 0 Å². The molecule has 0 unspecified atom stereocenters. The van der Waals surface area contributed by atoms with E-state index in [0.29, 0.717) is 0 Å². The van der Waals surface area contributed by atoms with Crippen LogP contribution in [0.1, 0.15) is 2.85 Å². The van der Waals surface area contributed by atoms with Crippen molar-refractivity contribution < 1.29 is 107 Å². The third-order valence-electron chi connectivity index (χ3n) is 0. The first-order chi connectivity index (χ1) is 10.0. The van der Waals surface area contributed by atoms with E-state index in [4.69, 9.17) is 104 Å². The molecule has 0 aliphatic rings. The number of hydrogen-bond acceptors (Lipinski definition) is 20. The molecular weight excluding hydrogens is 441 g/mol. The maximum absolute atomic E-state index is 8.71. The smallest absolute Gasteiger partial charge is 1.00 e. The van der Waals surface area contributed by atoms with E-state index in [1.165, 1.54) is 0 Å². The van der Waals surface area contributed by atoms with Crippen LogP contribution in [-0.2, 0) is 0 Å². The molecule has 0 radical (unpaired) electrons. The van der Waals surface area contributed by atoms with Gasteiger partial charge < -0.3 is 28.9 Å². The molecule has 27 heavy (non-hydrogen) atoms. The standard InChI is InChI=1S/Al.Mg.5H3NO4.5H/c;;5*2-1(3,4)5;;;;;/h;;5*2-4H;;;;;/q;+2;;;;;;;;;2*-1. The minimum absolute atomic E-state index is 0. The third kappa shape index (κ3) is 174000. The monoisotopic (exact) mass is 461 g/mol. The molecule has 0 heterocycles. The van der Waals surface area contributed by atoms with Crippen molar-refractivity contribution in [2.24, 2.45) is 0 Å². The summed E-state index contributed by atoms with van der Waals surface area (Å²) in [5.74, 6) is 0. The summed E-state index contributed by atoms with van der Waals surface area (Å²) in [4.78, 5) is 0. The molecule has 0 atom stereocenters. The van der Waals surface area contributed by atoms with E-state index in [9.17, 15) is 0 Å². The van der Waals surface area contributed by atoms with E-state index >= 15 is 0 Å². The zero-order chi connectivity index (χ0) is 22.5. The van der Waals surface area contributed by atoms with Crippen molar-refractivity contribution in [3.63, 3.8) is 0 Å². The minimum atomic E-state index is -3.25. The van der Waals surface area contributed by atoms with Gasteiger partial charge in [0.1, 0.15) is 0 Å². The van der Waals surface area contributed by atoms with Gasteiger partial charge in [0.25, 0.3) is 0 Å². The molecule has 0 saturated carbocycles. The SMILES string of the molecule is [AlH3].[H-].[H-].[Mg+2].[O-][N+](O)(O)O.[O-][N+](O)(O)O.[O-][N+](O)(O)O.[O-][N+](O)(O)O.[O-][N+](O)(O)O. The number of rotatable bonds is 0. The van der Waals surface area contributed by atoms with Crippen LogP contribution in [0.25, 0.3) is 0 Å². The van der Waals surface area contributed by atoms with Gasteiger partial charge in [-0.2, -0.15) is 0 Å². The van der Waals surface area contributed by atoms with Gasteiger partial charge in [-0.25, -0.2) is 0 Å². The third-order valence-corrected chi connectivity index (χ3v) is 0. The summed E-state index contributed by atoms with van der Waals surface area (Å²) in [6, 6.07) is 0. The average molecular weight is 461 g/mol. The first-order valence-corrected chi connectivity index (χ1v) is 3.91. The Hall–Kier alpha value is 0.299. The number of hydrogen-bond donors (Lipinski definition) is 15. The first kappa shape index (κ1) is 45.8. The fourth-order valence-corrected chi connectivity index (χ4v) is 0. The molecule has 0 saturated heterocycles. The van der Waals surface area contributed by atoms with E-state index in [-0.39, 0.29) is 43.3 Å². The van der Waals surface area contributed by atoms with Crippen LogP contribution in [0, 0.1) is 26.0 Å². The molecular formula is H20AlMgN5O20. The summed E-state index contributed by atoms with van der Waals surface area (Å²) in [5, 5.41) is 132. The predicted octanol–water partition coefficient (Wildman–Crippen LogP) is -4.00. The van der Waals surface area contributed by atoms with Crippen LogP contribution in [0.4, 0.5) is 0 Å². The molecule has 0 fully saturated rings. The molecule has 0 aromatic carbocycles. The summed E-state index contributed by atoms with van der Waals surface area (Å²) < 4.78 is 0. The Labute approximate surface area is 173 Å². The van der Waals surface area contributed by atoms with Crippen molar-refractivity contribution in [1.82, 2.24) is 0 Å². The van der Waals surface area contributed by atoms with Gasteiger partial charge in [0.05, 0.1) is 25.7 Å². The van der Waals surface area contributed by atoms with Crippen LogP contribution < -0.4 is 0 Å². The van der Waals surface area contributed by atoms with Gasteiger partial charge in [0.2, 0.25) is 0 Å². The van der Waals surface area contributed by atoms with E-state index in [0.717, 1.165) is 0 Å². The van der Waals surface area contributed by atoms with Crippen molar-refractivity contribution in [1.29, 1.82) is 0 Å². The molecule has 0 aliphatic heterocycles. The van der Waals surface area contributed by atoms with Gasteiger partial charge in [0.15, 0.2) is 17.4 Å². The Morgan fingerprint density at radius 1 is 0.333 bits per heavy atom. The van der Waals surface area contributed by atoms with Crippen LogP contribution >= 0.6 is 0 Å². The molecule has 0 aromatic rings. The number of nitrogens with zero attached hydrogens (tertiary/aromatic N) is 5. The van der Waals surface area contributed by atoms with Crippen molar-refractivity contribution in [2.75, 3.05) is 0 Å². The van der Waals surface area contributed by atoms with Gasteiger partial charge >= 0.3 is 23.1 Å². The summed E-state index contributed by atoms with van der Waals surface area (Å²) in [6.45, 7) is 0. The zero-order valence-electron chi connectivity index (χ0n) is 13.7. The van der Waals surface area contributed by atoms with Crippen molar-refractivity contribution >= 4 is 40.4 Å². The second-order valence-corrected chi connectivity index (χ2v) is 2.57. The molecule has 27 heteroatoms. The summed E-state index contributed by atoms with van der Waals surface area (Å²) in [6.07, 6.45) is 0. The maximum atomic E-state index is 8.71. The second-order valence-electron chi connectivity index (χ2n) is 2.57. The van der Waals surface area contributed by atoms with E-state index < -0.39 is 25.7 Å². The van der Waals surface area contributed by atoms with Gasteiger partial charge in [-0.1, -0.05) is 0 Å². The molecule has 0 spiro atoms. The molecule has 0 aromatic heterocycles. The van der Waals surface area contributed by atoms with Crippen LogP contribution in [0.5, 0.6) is 0 Å². The van der Waals surface area contributed by atoms with Crippen LogP contribution in [0.2, 0.25) is 0 Å². The zero-order valence-corrected chi connectivity index (χ0v) is 13.1. The molecule has 25 nitrogen and oxygen atoms in total. The Bertz CT molecular complexity index is 188. The normalized spacial score (nSPS) is 11.1. The van der Waals surface area contributed by atoms with Crippen molar-refractivity contribution in [3.05, 3.63) is 26.0 Å². The molecule has 0 amide bonds. The van der Waals surface area contributed by atoms with Crippen molar-refractivity contribution in [3.8, 4) is 0 Å². The molecule has 0 aliphatic carbocycles. The quantitative estimate of drug-likeness (QED) is 0.0926. The van der Waals surface area contributed by atoms with E-state index in [1.807, 2.05) is 0 Å². The van der Waals surface area contributed by atoms with Crippen LogP contribution in [0.15, 0.2) is 0 Å². The Kier molecular flexibility index (Phi) is 31.1. The molecule has 0 bridgehead atoms. The fourth-order valence-electron chi connectivity index (χ4n) is 0. The fraction of sp³-hybridized carbons (Fsp3) is 0. The van der Waals surface area contributed by atoms with Gasteiger partial charge in [0, 0.05) is 0 Å². The van der Waals surface area contributed by atoms with Gasteiger partial charge in [-0.3, -0.25) is 0 Å². The molecule has 170 valence electrons. The maximum Gasteiger partial charge on any atom is 2.00 e. The Balaban J connectivity index is -0.0000000238. The molecule has 0 rings (SSSR count). The summed E-state index contributed by atoms with van der Waals surface area (Å²) in [7, 11) is 0. The number of quaternary nitrogens is 5. The predicted molar refractivity (Wildman–Crippen MR) is 62.9 cm³/mol. The Morgan fingerprint density at radius 2 is 0.333 bits per heavy atom. The topological polar surface area (TPSA) is 419 Å². The van der Waals surface area contributed by atoms with Crippen LogP contribution in [0.3, 0.4) is 0 Å². The van der Waals surface area contributed by atoms with E-state index in [1.54, 1.807) is 0 Å². The van der Waals surface area contributed by atoms with Crippen molar-refractivity contribution in [2.45, 2.75) is 0 Å². The summed E-state index contributed by atoms with van der Waals surface area (Å²) >= 11 is 0. The second kappa shape index (κ2) is 18.3. The Morgan fingerprint density at radius 3 is 0.333 bits per heavy atom. The largest absolute Gasteiger partial charge is 2.00 e. The van der Waals surface area contributed by atoms with Crippen LogP contribution in [-0.4, -0.2) is 144 Å². The van der Waals surface area contributed by atoms with Gasteiger partial charge in [-0.05, 0) is 0 Å². The average Bonchev–Trinajstić information content (AvgIpc) is 1.79.